The topological polar surface area (TPSA) is 119 Å². The molecule has 0 aliphatic carbocycles. The van der Waals surface area contributed by atoms with Crippen LogP contribution in [0, 0.1) is 0 Å². The summed E-state index contributed by atoms with van der Waals surface area (Å²) in [6.45, 7) is 0.328. The Hall–Kier alpha value is -4.10. The first-order valence-electron chi connectivity index (χ1n) is 11.2. The van der Waals surface area contributed by atoms with Gasteiger partial charge in [-0.3, -0.25) is 0 Å². The van der Waals surface area contributed by atoms with Crippen LogP contribution in [0.5, 0.6) is 5.75 Å². The highest BCUT2D eigenvalue weighted by molar-refractivity contribution is 6.36. The molecule has 0 radical (unpaired) electrons. The number of nitrogens with zero attached hydrogens (tertiary/aromatic N) is 6. The number of anilines is 3. The predicted octanol–water partition coefficient (Wildman–Crippen LogP) is 4.61. The highest BCUT2D eigenvalue weighted by atomic mass is 35.5. The average molecular weight is 548 g/mol. The van der Waals surface area contributed by atoms with Gasteiger partial charge in [0.05, 0.1) is 24.2 Å². The molecule has 0 spiro atoms. The Bertz CT molecular complexity index is 1480. The van der Waals surface area contributed by atoms with E-state index in [9.17, 15) is 13.2 Å². The molecule has 4 N–H and O–H groups in total. The van der Waals surface area contributed by atoms with Crippen molar-refractivity contribution in [1.29, 1.82) is 0 Å². The molecule has 14 heteroatoms. The number of ether oxygens (including phenoxy) is 1. The van der Waals surface area contributed by atoms with Crippen molar-refractivity contribution in [2.24, 2.45) is 12.8 Å². The maximum absolute atomic E-state index is 13.5. The summed E-state index contributed by atoms with van der Waals surface area (Å²) in [6.07, 6.45) is 1.09. The lowest BCUT2D eigenvalue weighted by molar-refractivity contribution is -0.137. The van der Waals surface area contributed by atoms with Gasteiger partial charge in [0.2, 0.25) is 5.95 Å². The summed E-state index contributed by atoms with van der Waals surface area (Å²) in [5.74, 6) is 1.18. The van der Waals surface area contributed by atoms with E-state index in [4.69, 9.17) is 22.1 Å². The van der Waals surface area contributed by atoms with Gasteiger partial charge in [-0.2, -0.15) is 18.2 Å². The molecule has 3 aromatic heterocycles. The fraction of sp³-hybridized carbons (Fsp3) is 0.250. The first-order valence-corrected chi connectivity index (χ1v) is 11.6. The van der Waals surface area contributed by atoms with E-state index < -0.39 is 11.7 Å². The van der Waals surface area contributed by atoms with Gasteiger partial charge in [0.15, 0.2) is 17.2 Å². The molecule has 10 nitrogen and oxygen atoms in total. The molecule has 0 amide bonds. The van der Waals surface area contributed by atoms with Crippen LogP contribution in [0.4, 0.5) is 30.6 Å². The van der Waals surface area contributed by atoms with Crippen molar-refractivity contribution in [1.82, 2.24) is 29.4 Å². The van der Waals surface area contributed by atoms with Gasteiger partial charge in [-0.1, -0.05) is 11.6 Å². The molecule has 38 heavy (non-hydrogen) atoms. The maximum Gasteiger partial charge on any atom is 0.416 e. The first kappa shape index (κ1) is 26.9. The molecule has 4 aromatic rings. The zero-order valence-corrected chi connectivity index (χ0v) is 21.7. The number of benzene rings is 1. The van der Waals surface area contributed by atoms with Gasteiger partial charge in [-0.05, 0) is 37.9 Å². The number of aryl methyl sites for hydroxylation is 1. The van der Waals surface area contributed by atoms with E-state index in [0.29, 0.717) is 29.1 Å². The molecule has 0 bridgehead atoms. The van der Waals surface area contributed by atoms with Gasteiger partial charge in [-0.25, -0.2) is 15.0 Å². The summed E-state index contributed by atoms with van der Waals surface area (Å²) >= 11 is 6.64. The van der Waals surface area contributed by atoms with Crippen LogP contribution < -0.4 is 21.1 Å². The smallest absolute Gasteiger partial charge is 0.416 e. The quantitative estimate of drug-likeness (QED) is 0.272. The van der Waals surface area contributed by atoms with Crippen LogP contribution in [0.1, 0.15) is 16.8 Å². The summed E-state index contributed by atoms with van der Waals surface area (Å²) in [5, 5.41) is 6.00. The zero-order chi connectivity index (χ0) is 27.6. The van der Waals surface area contributed by atoms with E-state index in [1.165, 1.54) is 24.8 Å². The minimum Gasteiger partial charge on any atom is -0.450 e. The number of rotatable bonds is 8. The molecule has 3 heterocycles. The number of alkyl halides is 3. The Morgan fingerprint density at radius 2 is 1.92 bits per heavy atom. The average Bonchev–Trinajstić information content (AvgIpc) is 3.18. The fourth-order valence-electron chi connectivity index (χ4n) is 3.68. The van der Waals surface area contributed by atoms with E-state index in [1.54, 1.807) is 43.7 Å². The van der Waals surface area contributed by atoms with E-state index in [-0.39, 0.29) is 33.8 Å². The third-order valence-corrected chi connectivity index (χ3v) is 5.78. The van der Waals surface area contributed by atoms with Crippen molar-refractivity contribution in [3.05, 3.63) is 64.8 Å². The van der Waals surface area contributed by atoms with Crippen molar-refractivity contribution in [3.8, 4) is 5.75 Å². The standard InChI is InChI=1S/C24H25ClF3N9O/c1-30-19-11-31-16(9-32-19)17(8-29)38-18-10-33-22-21(20(18)25)37(4)23(35-22)34-15-6-13(12-36(2)3)5-14(7-15)24(26,27)28/h5-11H,12,29H2,1-4H3,(H,30,32)(H,33,34,35). The lowest BCUT2D eigenvalue weighted by atomic mass is 10.1. The number of halogens is 4. The molecule has 0 atom stereocenters. The van der Waals surface area contributed by atoms with Crippen LogP contribution in [0.3, 0.4) is 0 Å². The van der Waals surface area contributed by atoms with Crippen LogP contribution in [0.15, 0.2) is 43.0 Å². The number of imidazole rings is 1. The SMILES string of the molecule is CNc1cnc(C(=CN)Oc2cnc3nc(Nc4cc(CN(C)C)cc(C(F)(F)F)c4)n(C)c3c2Cl)cn1. The Labute approximate surface area is 221 Å². The highest BCUT2D eigenvalue weighted by Crippen LogP contribution is 2.36. The molecular weight excluding hydrogens is 523 g/mol. The van der Waals surface area contributed by atoms with Crippen molar-refractivity contribution in [2.75, 3.05) is 31.8 Å². The normalized spacial score (nSPS) is 12.3. The van der Waals surface area contributed by atoms with E-state index in [0.717, 1.165) is 12.1 Å². The minimum absolute atomic E-state index is 0.176. The molecule has 0 aliphatic heterocycles. The fourth-order valence-corrected chi connectivity index (χ4v) is 3.98. The maximum atomic E-state index is 13.5. The molecule has 0 saturated carbocycles. The van der Waals surface area contributed by atoms with Crippen molar-refractivity contribution in [2.45, 2.75) is 12.7 Å². The van der Waals surface area contributed by atoms with Crippen LogP contribution in [0.25, 0.3) is 16.9 Å². The first-order chi connectivity index (χ1) is 18.0. The minimum atomic E-state index is -4.51. The van der Waals surface area contributed by atoms with Crippen LogP contribution >= 0.6 is 11.6 Å². The molecule has 4 rings (SSSR count). The Balaban J connectivity index is 1.67. The second kappa shape index (κ2) is 10.7. The Morgan fingerprint density at radius 3 is 2.53 bits per heavy atom. The van der Waals surface area contributed by atoms with Crippen molar-refractivity contribution in [3.63, 3.8) is 0 Å². The Morgan fingerprint density at radius 1 is 1.16 bits per heavy atom. The van der Waals surface area contributed by atoms with E-state index in [1.807, 2.05) is 0 Å². The molecule has 0 aliphatic rings. The molecule has 0 unspecified atom stereocenters. The lowest BCUT2D eigenvalue weighted by Gasteiger charge is -2.16. The molecule has 0 fully saturated rings. The Kier molecular flexibility index (Phi) is 7.60. The molecule has 1 aromatic carbocycles. The zero-order valence-electron chi connectivity index (χ0n) is 20.9. The number of nitrogens with one attached hydrogen (secondary N) is 2. The summed E-state index contributed by atoms with van der Waals surface area (Å²) in [6, 6.07) is 3.79. The number of aromatic nitrogens is 5. The van der Waals surface area contributed by atoms with Gasteiger partial charge >= 0.3 is 6.18 Å². The number of fused-ring (bicyclic) bond motifs is 1. The van der Waals surface area contributed by atoms with Gasteiger partial charge in [0, 0.05) is 32.5 Å². The molecule has 200 valence electrons. The second-order valence-electron chi connectivity index (χ2n) is 8.55. The van der Waals surface area contributed by atoms with Crippen LogP contribution in [0.2, 0.25) is 5.02 Å². The lowest BCUT2D eigenvalue weighted by Crippen LogP contribution is -2.13. The third-order valence-electron chi connectivity index (χ3n) is 5.41. The van der Waals surface area contributed by atoms with Gasteiger partial charge in [-0.15, -0.1) is 0 Å². The van der Waals surface area contributed by atoms with E-state index in [2.05, 4.69) is 30.6 Å². The summed E-state index contributed by atoms with van der Waals surface area (Å²) < 4.78 is 48.1. The predicted molar refractivity (Wildman–Crippen MR) is 140 cm³/mol. The molecular formula is C24H25ClF3N9O. The second-order valence-corrected chi connectivity index (χ2v) is 8.93. The number of pyridine rings is 1. The van der Waals surface area contributed by atoms with Crippen molar-refractivity contribution >= 4 is 46.0 Å². The van der Waals surface area contributed by atoms with E-state index >= 15 is 0 Å². The highest BCUT2D eigenvalue weighted by Gasteiger charge is 2.31. The van der Waals surface area contributed by atoms with Crippen LogP contribution in [-0.2, 0) is 19.8 Å². The summed E-state index contributed by atoms with van der Waals surface area (Å²) in [4.78, 5) is 18.9. The number of hydrogen-bond acceptors (Lipinski definition) is 9. The monoisotopic (exact) mass is 547 g/mol. The largest absolute Gasteiger partial charge is 0.450 e. The molecule has 0 saturated heterocycles. The van der Waals surface area contributed by atoms with Gasteiger partial charge in [0.25, 0.3) is 0 Å². The summed E-state index contributed by atoms with van der Waals surface area (Å²) in [5.41, 5.74) is 6.73. The van der Waals surface area contributed by atoms with Gasteiger partial charge < -0.3 is 30.6 Å². The van der Waals surface area contributed by atoms with Gasteiger partial charge in [0.1, 0.15) is 22.1 Å². The van der Waals surface area contributed by atoms with Crippen LogP contribution in [-0.4, -0.2) is 50.5 Å². The number of hydrogen-bond donors (Lipinski definition) is 3. The van der Waals surface area contributed by atoms with Crippen molar-refractivity contribution < 1.29 is 17.9 Å². The number of nitrogens with two attached hydrogens (primary N) is 1. The summed E-state index contributed by atoms with van der Waals surface area (Å²) in [7, 11) is 6.93. The third kappa shape index (κ3) is 5.73.